The van der Waals surface area contributed by atoms with E-state index in [0.717, 1.165) is 0 Å². The van der Waals surface area contributed by atoms with Crippen LogP contribution in [0.2, 0.25) is 0 Å². The summed E-state index contributed by atoms with van der Waals surface area (Å²) in [5.41, 5.74) is -0.179. The SMILES string of the molecule is CC(=O)NC1CCN(C(=O)O)C1C(C)(C)C. The Kier molecular flexibility index (Phi) is 3.45. The zero-order valence-corrected chi connectivity index (χ0v) is 10.3. The highest BCUT2D eigenvalue weighted by Gasteiger charge is 2.44. The molecule has 0 aliphatic carbocycles. The smallest absolute Gasteiger partial charge is 0.407 e. The largest absolute Gasteiger partial charge is 0.465 e. The average Bonchev–Trinajstić information content (AvgIpc) is 2.45. The molecule has 92 valence electrons. The third kappa shape index (κ3) is 2.65. The number of nitrogens with one attached hydrogen (secondary N) is 1. The molecular weight excluding hydrogens is 208 g/mol. The minimum absolute atomic E-state index is 0.0754. The number of hydrogen-bond acceptors (Lipinski definition) is 2. The Labute approximate surface area is 95.8 Å². The van der Waals surface area contributed by atoms with Gasteiger partial charge in [0.05, 0.1) is 12.1 Å². The molecule has 5 heteroatoms. The molecule has 1 aliphatic heterocycles. The lowest BCUT2D eigenvalue weighted by atomic mass is 9.82. The molecule has 1 fully saturated rings. The summed E-state index contributed by atoms with van der Waals surface area (Å²) in [6.45, 7) is 7.93. The lowest BCUT2D eigenvalue weighted by Gasteiger charge is -2.37. The molecule has 1 aliphatic rings. The van der Waals surface area contributed by atoms with Crippen molar-refractivity contribution in [1.82, 2.24) is 10.2 Å². The minimum Gasteiger partial charge on any atom is -0.465 e. The van der Waals surface area contributed by atoms with Gasteiger partial charge in [-0.3, -0.25) is 4.79 Å². The van der Waals surface area contributed by atoms with E-state index in [1.807, 2.05) is 20.8 Å². The van der Waals surface area contributed by atoms with Crippen LogP contribution in [0.4, 0.5) is 4.79 Å². The molecule has 16 heavy (non-hydrogen) atoms. The van der Waals surface area contributed by atoms with Gasteiger partial charge in [-0.25, -0.2) is 4.79 Å². The summed E-state index contributed by atoms with van der Waals surface area (Å²) >= 11 is 0. The lowest BCUT2D eigenvalue weighted by molar-refractivity contribution is -0.120. The van der Waals surface area contributed by atoms with Crippen molar-refractivity contribution in [2.45, 2.75) is 46.2 Å². The van der Waals surface area contributed by atoms with Crippen LogP contribution in [0, 0.1) is 5.41 Å². The minimum atomic E-state index is -0.909. The van der Waals surface area contributed by atoms with Crippen molar-refractivity contribution >= 4 is 12.0 Å². The number of likely N-dealkylation sites (tertiary alicyclic amines) is 1. The van der Waals surface area contributed by atoms with Crippen LogP contribution in [0.3, 0.4) is 0 Å². The zero-order valence-electron chi connectivity index (χ0n) is 10.3. The van der Waals surface area contributed by atoms with E-state index in [1.165, 1.54) is 11.8 Å². The molecular formula is C11H20N2O3. The molecule has 5 nitrogen and oxygen atoms in total. The molecule has 0 spiro atoms. The van der Waals surface area contributed by atoms with Gasteiger partial charge in [-0.15, -0.1) is 0 Å². The van der Waals surface area contributed by atoms with Crippen molar-refractivity contribution in [3.63, 3.8) is 0 Å². The number of carboxylic acid groups (broad SMARTS) is 1. The first-order valence-electron chi connectivity index (χ1n) is 5.50. The van der Waals surface area contributed by atoms with Crippen molar-refractivity contribution in [1.29, 1.82) is 0 Å². The van der Waals surface area contributed by atoms with Gasteiger partial charge in [-0.1, -0.05) is 20.8 Å². The molecule has 0 saturated carbocycles. The molecule has 2 atom stereocenters. The topological polar surface area (TPSA) is 69.6 Å². The fraction of sp³-hybridized carbons (Fsp3) is 0.818. The number of hydrogen-bond donors (Lipinski definition) is 2. The first-order valence-corrected chi connectivity index (χ1v) is 5.50. The molecule has 2 unspecified atom stereocenters. The molecule has 1 rings (SSSR count). The highest BCUT2D eigenvalue weighted by atomic mass is 16.4. The van der Waals surface area contributed by atoms with Gasteiger partial charge in [0.15, 0.2) is 0 Å². The van der Waals surface area contributed by atoms with Crippen LogP contribution in [-0.2, 0) is 4.79 Å². The number of nitrogens with zero attached hydrogens (tertiary/aromatic N) is 1. The molecule has 2 amide bonds. The average molecular weight is 228 g/mol. The normalized spacial score (nSPS) is 25.6. The van der Waals surface area contributed by atoms with Crippen LogP contribution in [0.15, 0.2) is 0 Å². The molecule has 0 radical (unpaired) electrons. The maximum Gasteiger partial charge on any atom is 0.407 e. The number of carbonyl (C=O) groups excluding carboxylic acids is 1. The van der Waals surface area contributed by atoms with Gasteiger partial charge in [0.2, 0.25) is 5.91 Å². The van der Waals surface area contributed by atoms with Crippen LogP contribution in [0.5, 0.6) is 0 Å². The van der Waals surface area contributed by atoms with Crippen molar-refractivity contribution in [2.24, 2.45) is 5.41 Å². The van der Waals surface area contributed by atoms with Crippen molar-refractivity contribution in [3.8, 4) is 0 Å². The van der Waals surface area contributed by atoms with E-state index in [0.29, 0.717) is 13.0 Å². The molecule has 0 bridgehead atoms. The van der Waals surface area contributed by atoms with E-state index in [-0.39, 0.29) is 23.4 Å². The monoisotopic (exact) mass is 228 g/mol. The van der Waals surface area contributed by atoms with E-state index in [4.69, 9.17) is 5.11 Å². The van der Waals surface area contributed by atoms with E-state index < -0.39 is 6.09 Å². The zero-order chi connectivity index (χ0) is 12.5. The Morgan fingerprint density at radius 1 is 1.38 bits per heavy atom. The van der Waals surface area contributed by atoms with E-state index in [1.54, 1.807) is 0 Å². The Morgan fingerprint density at radius 2 is 1.94 bits per heavy atom. The third-order valence-electron chi connectivity index (χ3n) is 2.92. The van der Waals surface area contributed by atoms with Crippen LogP contribution in [0.1, 0.15) is 34.1 Å². The molecule has 1 saturated heterocycles. The first-order chi connectivity index (χ1) is 7.23. The Balaban J connectivity index is 2.88. The summed E-state index contributed by atoms with van der Waals surface area (Å²) < 4.78 is 0. The maximum absolute atomic E-state index is 11.1. The van der Waals surface area contributed by atoms with E-state index in [9.17, 15) is 9.59 Å². The van der Waals surface area contributed by atoms with Crippen LogP contribution < -0.4 is 5.32 Å². The van der Waals surface area contributed by atoms with Gasteiger partial charge in [0.25, 0.3) is 0 Å². The van der Waals surface area contributed by atoms with Crippen molar-refractivity contribution < 1.29 is 14.7 Å². The quantitative estimate of drug-likeness (QED) is 0.710. The van der Waals surface area contributed by atoms with Crippen molar-refractivity contribution in [2.75, 3.05) is 6.54 Å². The number of carbonyl (C=O) groups is 2. The summed E-state index contributed by atoms with van der Waals surface area (Å²) in [4.78, 5) is 23.6. The summed E-state index contributed by atoms with van der Waals surface area (Å²) in [5.74, 6) is -0.105. The summed E-state index contributed by atoms with van der Waals surface area (Å²) in [6, 6.07) is -0.234. The molecule has 0 aromatic carbocycles. The van der Waals surface area contributed by atoms with E-state index in [2.05, 4.69) is 5.32 Å². The molecule has 0 aromatic rings. The predicted molar refractivity (Wildman–Crippen MR) is 60.2 cm³/mol. The fourth-order valence-corrected chi connectivity index (χ4v) is 2.49. The predicted octanol–water partition coefficient (Wildman–Crippen LogP) is 1.29. The lowest BCUT2D eigenvalue weighted by Crippen LogP contribution is -2.52. The van der Waals surface area contributed by atoms with Gasteiger partial charge in [-0.2, -0.15) is 0 Å². The maximum atomic E-state index is 11.1. The van der Waals surface area contributed by atoms with Gasteiger partial charge in [0, 0.05) is 13.5 Å². The standard InChI is InChI=1S/C11H20N2O3/c1-7(14)12-8-5-6-13(10(15)16)9(8)11(2,3)4/h8-9H,5-6H2,1-4H3,(H,12,14)(H,15,16). The van der Waals surface area contributed by atoms with Gasteiger partial charge in [0.1, 0.15) is 0 Å². The van der Waals surface area contributed by atoms with Crippen LogP contribution in [-0.4, -0.2) is 40.6 Å². The molecule has 1 heterocycles. The second-order valence-corrected chi connectivity index (χ2v) is 5.38. The fourth-order valence-electron chi connectivity index (χ4n) is 2.49. The molecule has 2 N–H and O–H groups in total. The number of rotatable bonds is 1. The summed E-state index contributed by atoms with van der Waals surface area (Å²) in [6.07, 6.45) is -0.221. The van der Waals surface area contributed by atoms with Crippen LogP contribution in [0.25, 0.3) is 0 Å². The third-order valence-corrected chi connectivity index (χ3v) is 2.92. The number of amides is 2. The Hall–Kier alpha value is -1.26. The highest BCUT2D eigenvalue weighted by molar-refractivity contribution is 5.74. The summed E-state index contributed by atoms with van der Waals surface area (Å²) in [7, 11) is 0. The Bertz CT molecular complexity index is 296. The van der Waals surface area contributed by atoms with E-state index >= 15 is 0 Å². The second-order valence-electron chi connectivity index (χ2n) is 5.38. The first kappa shape index (κ1) is 12.8. The second kappa shape index (κ2) is 4.31. The van der Waals surface area contributed by atoms with Gasteiger partial charge >= 0.3 is 6.09 Å². The van der Waals surface area contributed by atoms with Crippen molar-refractivity contribution in [3.05, 3.63) is 0 Å². The molecule has 0 aromatic heterocycles. The summed E-state index contributed by atoms with van der Waals surface area (Å²) in [5, 5.41) is 12.0. The Morgan fingerprint density at radius 3 is 2.31 bits per heavy atom. The highest BCUT2D eigenvalue weighted by Crippen LogP contribution is 2.33. The van der Waals surface area contributed by atoms with Gasteiger partial charge < -0.3 is 15.3 Å². The van der Waals surface area contributed by atoms with Crippen LogP contribution >= 0.6 is 0 Å². The van der Waals surface area contributed by atoms with Gasteiger partial charge in [-0.05, 0) is 11.8 Å².